The van der Waals surface area contributed by atoms with Gasteiger partial charge in [-0.05, 0) is 48.5 Å². The highest BCUT2D eigenvalue weighted by molar-refractivity contribution is 7.92. The second-order valence-electron chi connectivity index (χ2n) is 14.5. The number of thiophene rings is 1. The van der Waals surface area contributed by atoms with Crippen LogP contribution < -0.4 is 20.4 Å². The zero-order chi connectivity index (χ0) is 41.0. The maximum atomic E-state index is 13.9. The summed E-state index contributed by atoms with van der Waals surface area (Å²) in [4.78, 5) is 18.8. The minimum Gasteiger partial charge on any atom is -0.353 e. The van der Waals surface area contributed by atoms with E-state index >= 15 is 0 Å². The highest BCUT2D eigenvalue weighted by Crippen LogP contribution is 2.38. The lowest BCUT2D eigenvalue weighted by Gasteiger charge is -2.29. The van der Waals surface area contributed by atoms with Crippen molar-refractivity contribution in [3.8, 4) is 0 Å². The molecule has 13 nitrogen and oxygen atoms in total. The maximum Gasteiger partial charge on any atom is 0.277 e. The molecule has 2 fully saturated rings. The summed E-state index contributed by atoms with van der Waals surface area (Å²) in [5.74, 6) is 1.65. The lowest BCUT2D eigenvalue weighted by Crippen LogP contribution is -2.44. The number of pyridine rings is 3. The fourth-order valence-electron chi connectivity index (χ4n) is 8.17. The van der Waals surface area contributed by atoms with Gasteiger partial charge < -0.3 is 20.4 Å². The molecule has 8 heterocycles. The Morgan fingerprint density at radius 2 is 1.10 bits per heavy atom. The predicted molar refractivity (Wildman–Crippen MR) is 241 cm³/mol. The molecule has 0 bridgehead atoms. The minimum absolute atomic E-state index is 0.192. The number of para-hydroxylation sites is 3. The van der Waals surface area contributed by atoms with Crippen LogP contribution in [0.4, 0.5) is 11.6 Å². The topological polar surface area (TPSA) is 147 Å². The van der Waals surface area contributed by atoms with Gasteiger partial charge in [0.15, 0.2) is 0 Å². The number of fused-ring (bicyclic) bond motifs is 7. The Morgan fingerprint density at radius 3 is 1.65 bits per heavy atom. The molecular weight excluding hydrogens is 838 g/mol. The third-order valence-corrected chi connectivity index (χ3v) is 16.1. The van der Waals surface area contributed by atoms with Crippen LogP contribution in [-0.2, 0) is 20.0 Å². The number of hydrogen-bond acceptors (Lipinski definition) is 12. The average Bonchev–Trinajstić information content (AvgIpc) is 4.07. The van der Waals surface area contributed by atoms with E-state index in [4.69, 9.17) is 21.6 Å². The summed E-state index contributed by atoms with van der Waals surface area (Å²) in [5, 5.41) is 10.8. The van der Waals surface area contributed by atoms with E-state index in [9.17, 15) is 16.8 Å². The van der Waals surface area contributed by atoms with Crippen LogP contribution in [0.15, 0.2) is 131 Å². The summed E-state index contributed by atoms with van der Waals surface area (Å²) in [6.07, 6.45) is 4.88. The van der Waals surface area contributed by atoms with Crippen molar-refractivity contribution in [2.75, 3.05) is 62.2 Å². The number of benzene rings is 3. The largest absolute Gasteiger partial charge is 0.353 e. The molecule has 0 spiro atoms. The van der Waals surface area contributed by atoms with Gasteiger partial charge in [-0.2, -0.15) is 8.42 Å². The smallest absolute Gasteiger partial charge is 0.277 e. The van der Waals surface area contributed by atoms with Gasteiger partial charge in [0.1, 0.15) is 20.7 Å². The average molecular weight is 876 g/mol. The van der Waals surface area contributed by atoms with E-state index in [1.807, 2.05) is 78.9 Å². The third kappa shape index (κ3) is 6.63. The highest BCUT2D eigenvalue weighted by atomic mass is 35.5. The second-order valence-corrected chi connectivity index (χ2v) is 20.1. The molecular formula is C43H38ClN9O4S3. The molecule has 3 aromatic carbocycles. The number of piperazine rings is 2. The number of nitrogens with zero attached hydrogens (tertiary/aromatic N) is 7. The summed E-state index contributed by atoms with van der Waals surface area (Å²) in [5.41, 5.74) is 3.33. The molecule has 60 heavy (non-hydrogen) atoms. The lowest BCUT2D eigenvalue weighted by atomic mass is 10.1. The number of anilines is 2. The van der Waals surface area contributed by atoms with Crippen molar-refractivity contribution in [1.29, 1.82) is 0 Å². The molecule has 6 aromatic heterocycles. The number of halogens is 1. The first-order valence-corrected chi connectivity index (χ1v) is 23.6. The number of hydrogen-bond donors (Lipinski definition) is 2. The summed E-state index contributed by atoms with van der Waals surface area (Å²) < 4.78 is 57.9. The van der Waals surface area contributed by atoms with Crippen molar-refractivity contribution in [2.45, 2.75) is 9.10 Å². The van der Waals surface area contributed by atoms with Crippen LogP contribution in [0, 0.1) is 0 Å². The molecule has 11 rings (SSSR count). The van der Waals surface area contributed by atoms with Gasteiger partial charge in [0.2, 0.25) is 0 Å². The summed E-state index contributed by atoms with van der Waals surface area (Å²) in [6, 6.07) is 31.2. The number of aromatic nitrogens is 5. The van der Waals surface area contributed by atoms with E-state index in [0.29, 0.717) is 20.9 Å². The summed E-state index contributed by atoms with van der Waals surface area (Å²) in [6.45, 7) is 6.81. The normalized spacial score (nSPS) is 15.3. The van der Waals surface area contributed by atoms with E-state index in [-0.39, 0.29) is 9.10 Å². The van der Waals surface area contributed by atoms with Crippen LogP contribution in [0.3, 0.4) is 0 Å². The maximum absolute atomic E-state index is 13.9. The van der Waals surface area contributed by atoms with Crippen molar-refractivity contribution in [2.24, 2.45) is 0 Å². The Hall–Kier alpha value is -5.62. The molecule has 0 saturated carbocycles. The Balaban J connectivity index is 0.000000146. The molecule has 2 saturated heterocycles. The fourth-order valence-corrected chi connectivity index (χ4v) is 12.6. The molecule has 9 aromatic rings. The van der Waals surface area contributed by atoms with Gasteiger partial charge in [0, 0.05) is 97.9 Å². The van der Waals surface area contributed by atoms with Crippen molar-refractivity contribution >= 4 is 109 Å². The van der Waals surface area contributed by atoms with E-state index in [2.05, 4.69) is 25.4 Å². The van der Waals surface area contributed by atoms with Crippen LogP contribution in [0.5, 0.6) is 0 Å². The van der Waals surface area contributed by atoms with Crippen LogP contribution >= 0.6 is 22.9 Å². The molecule has 0 atom stereocenters. The van der Waals surface area contributed by atoms with Crippen LogP contribution in [0.1, 0.15) is 0 Å². The lowest BCUT2D eigenvalue weighted by molar-refractivity contribution is 0.586. The third-order valence-electron chi connectivity index (χ3n) is 11.0. The second kappa shape index (κ2) is 15.4. The van der Waals surface area contributed by atoms with E-state index in [1.54, 1.807) is 42.9 Å². The molecule has 0 radical (unpaired) electrons. The number of rotatable bonds is 6. The Labute approximate surface area is 355 Å². The fraction of sp³-hybridized carbons (Fsp3) is 0.186. The Bertz CT molecular complexity index is 3310. The molecule has 304 valence electrons. The van der Waals surface area contributed by atoms with Crippen molar-refractivity contribution in [3.63, 3.8) is 0 Å². The van der Waals surface area contributed by atoms with Gasteiger partial charge in [-0.1, -0.05) is 66.2 Å². The quantitative estimate of drug-likeness (QED) is 0.179. The van der Waals surface area contributed by atoms with Gasteiger partial charge in [0.05, 0.1) is 31.9 Å². The van der Waals surface area contributed by atoms with Gasteiger partial charge in [-0.3, -0.25) is 4.98 Å². The molecule has 0 amide bonds. The summed E-state index contributed by atoms with van der Waals surface area (Å²) in [7, 11) is -7.64. The van der Waals surface area contributed by atoms with E-state index < -0.39 is 20.0 Å². The van der Waals surface area contributed by atoms with E-state index in [0.717, 1.165) is 113 Å². The first kappa shape index (κ1) is 38.6. The molecule has 0 unspecified atom stereocenters. The minimum atomic E-state index is -3.89. The standard InChI is InChI=1S/C24H21N5O2S.C19H17ClN4O2S2/c30-32(31,21-9-3-5-17-6-4-11-26-22(17)21)29-14-10-19-23(29)18-7-1-2-8-20(18)27-24(19)28-15-12-25-13-16-28;20-16-5-6-17(27-16)28(25,26)24-10-7-14-18(24)13-3-1-2-4-15(13)22-19(14)23-11-8-21-9-12-23/h1-11,14,25H,12-13,15-16H2;1-7,10,21H,8-9,11-12H2. The highest BCUT2D eigenvalue weighted by Gasteiger charge is 2.28. The predicted octanol–water partition coefficient (Wildman–Crippen LogP) is 6.94. The van der Waals surface area contributed by atoms with Crippen LogP contribution in [0.25, 0.3) is 54.5 Å². The van der Waals surface area contributed by atoms with Crippen molar-refractivity contribution in [3.05, 3.63) is 126 Å². The SMILES string of the molecule is O=S(=O)(c1ccc(Cl)s1)n1ccc2c(N3CCNCC3)nc3ccccc3c21.O=S(=O)(c1cccc2cccnc12)n1ccc2c(N3CCNCC3)nc3ccccc3c21. The molecule has 2 aliphatic rings. The van der Waals surface area contributed by atoms with Gasteiger partial charge >= 0.3 is 0 Å². The van der Waals surface area contributed by atoms with Gasteiger partial charge in [-0.25, -0.2) is 26.3 Å². The number of nitrogens with one attached hydrogen (secondary N) is 2. The zero-order valence-electron chi connectivity index (χ0n) is 32.1. The van der Waals surface area contributed by atoms with Crippen molar-refractivity contribution in [1.82, 2.24) is 33.5 Å². The molecule has 2 aliphatic heterocycles. The molecule has 2 N–H and O–H groups in total. The Kier molecular flexibility index (Phi) is 9.93. The van der Waals surface area contributed by atoms with Crippen molar-refractivity contribution < 1.29 is 16.8 Å². The van der Waals surface area contributed by atoms with Gasteiger partial charge in [-0.15, -0.1) is 11.3 Å². The van der Waals surface area contributed by atoms with Crippen LogP contribution in [-0.4, -0.2) is 92.1 Å². The van der Waals surface area contributed by atoms with Crippen LogP contribution in [0.2, 0.25) is 4.34 Å². The summed E-state index contributed by atoms with van der Waals surface area (Å²) >= 11 is 7.05. The van der Waals surface area contributed by atoms with E-state index in [1.165, 1.54) is 7.94 Å². The Morgan fingerprint density at radius 1 is 0.567 bits per heavy atom. The zero-order valence-corrected chi connectivity index (χ0v) is 35.3. The monoisotopic (exact) mass is 875 g/mol. The molecule has 0 aliphatic carbocycles. The first-order valence-electron chi connectivity index (χ1n) is 19.5. The van der Waals surface area contributed by atoms with Gasteiger partial charge in [0.25, 0.3) is 20.0 Å². The molecule has 17 heteroatoms. The first-order chi connectivity index (χ1) is 29.2.